The quantitative estimate of drug-likeness (QED) is 0.379. The first-order valence-electron chi connectivity index (χ1n) is 10.0. The van der Waals surface area contributed by atoms with E-state index >= 15 is 0 Å². The van der Waals surface area contributed by atoms with Gasteiger partial charge >= 0.3 is 0 Å². The van der Waals surface area contributed by atoms with E-state index in [-0.39, 0.29) is 18.4 Å². The molecule has 10 heteroatoms. The van der Waals surface area contributed by atoms with Crippen LogP contribution >= 0.6 is 23.1 Å². The molecule has 0 fully saturated rings. The third-order valence-electron chi connectivity index (χ3n) is 4.34. The number of aromatic amines is 1. The lowest BCUT2D eigenvalue weighted by atomic mass is 10.1. The molecule has 0 aliphatic heterocycles. The van der Waals surface area contributed by atoms with E-state index in [1.165, 1.54) is 35.0 Å². The average molecular weight is 467 g/mol. The Morgan fingerprint density at radius 3 is 2.81 bits per heavy atom. The molecule has 0 aliphatic rings. The van der Waals surface area contributed by atoms with Gasteiger partial charge < -0.3 is 10.1 Å². The molecular formula is C22H22N6O2S2. The van der Waals surface area contributed by atoms with Crippen molar-refractivity contribution in [2.24, 2.45) is 0 Å². The molecule has 2 N–H and O–H groups in total. The van der Waals surface area contributed by atoms with Crippen LogP contribution in [0.25, 0.3) is 0 Å². The number of amides is 1. The molecule has 0 saturated heterocycles. The molecule has 1 atom stereocenters. The molecule has 0 aliphatic carbocycles. The number of hydrogen-bond acceptors (Lipinski definition) is 8. The number of rotatable bonds is 9. The van der Waals surface area contributed by atoms with E-state index in [4.69, 9.17) is 4.74 Å². The van der Waals surface area contributed by atoms with Crippen LogP contribution in [-0.4, -0.2) is 37.2 Å². The molecule has 0 unspecified atom stereocenters. The zero-order valence-corrected chi connectivity index (χ0v) is 19.2. The van der Waals surface area contributed by atoms with Gasteiger partial charge in [-0.2, -0.15) is 5.10 Å². The fourth-order valence-corrected chi connectivity index (χ4v) is 4.46. The summed E-state index contributed by atoms with van der Waals surface area (Å²) in [7, 11) is 0. The summed E-state index contributed by atoms with van der Waals surface area (Å²) in [6.45, 7) is 3.97. The summed E-state index contributed by atoms with van der Waals surface area (Å²) in [6.07, 6.45) is 3.99. The summed E-state index contributed by atoms with van der Waals surface area (Å²) in [5.41, 5.74) is 1.80. The van der Waals surface area contributed by atoms with Crippen molar-refractivity contribution in [1.82, 2.24) is 25.1 Å². The highest BCUT2D eigenvalue weighted by Crippen LogP contribution is 2.28. The van der Waals surface area contributed by atoms with E-state index < -0.39 is 0 Å². The van der Waals surface area contributed by atoms with E-state index in [1.807, 2.05) is 38.1 Å². The second-order valence-corrected chi connectivity index (χ2v) is 9.39. The summed E-state index contributed by atoms with van der Waals surface area (Å²) in [4.78, 5) is 26.5. The fraction of sp³-hybridized carbons (Fsp3) is 0.227. The van der Waals surface area contributed by atoms with Crippen molar-refractivity contribution in [2.45, 2.75) is 43.0 Å². The Morgan fingerprint density at radius 2 is 2.09 bits per heavy atom. The van der Waals surface area contributed by atoms with Crippen LogP contribution in [0.2, 0.25) is 0 Å². The van der Waals surface area contributed by atoms with Crippen molar-refractivity contribution in [3.63, 3.8) is 0 Å². The summed E-state index contributed by atoms with van der Waals surface area (Å²) in [6, 6.07) is 13.8. The van der Waals surface area contributed by atoms with Crippen molar-refractivity contribution in [1.29, 1.82) is 0 Å². The number of carbonyl (C=O) groups excluding carboxylic acids is 1. The first-order chi connectivity index (χ1) is 15.5. The van der Waals surface area contributed by atoms with Gasteiger partial charge in [-0.1, -0.05) is 30.3 Å². The number of nitrogens with one attached hydrogen (secondary N) is 2. The molecule has 164 valence electrons. The van der Waals surface area contributed by atoms with E-state index in [2.05, 4.69) is 42.6 Å². The minimum absolute atomic E-state index is 0.0529. The topological polar surface area (TPSA) is 106 Å². The van der Waals surface area contributed by atoms with Crippen LogP contribution in [0, 0.1) is 6.92 Å². The predicted octanol–water partition coefficient (Wildman–Crippen LogP) is 4.31. The number of thiazole rings is 1. The van der Waals surface area contributed by atoms with Crippen molar-refractivity contribution in [2.75, 3.05) is 5.32 Å². The highest BCUT2D eigenvalue weighted by molar-refractivity contribution is 7.99. The number of H-pyrrole nitrogens is 1. The minimum atomic E-state index is -0.183. The Bertz CT molecular complexity index is 1160. The lowest BCUT2D eigenvalue weighted by molar-refractivity contribution is -0.115. The molecule has 32 heavy (non-hydrogen) atoms. The number of carbonyl (C=O) groups is 1. The molecule has 4 rings (SSSR count). The van der Waals surface area contributed by atoms with Gasteiger partial charge in [-0.05, 0) is 31.2 Å². The standard InChI is InChI=1S/C22H22N6O2S2/c1-14(8-16-6-4-3-5-7-16)30-18-9-17(10-19(29)27-21-23-12-15(2)31-21)26-20(11-18)32-22-24-13-25-28-22/h3-7,9,11-14H,8,10H2,1-2H3,(H,23,27,29)(H,24,25,28)/t14-/m1/s1. The van der Waals surface area contributed by atoms with Gasteiger partial charge in [0.2, 0.25) is 5.91 Å². The lowest BCUT2D eigenvalue weighted by Gasteiger charge is -2.16. The van der Waals surface area contributed by atoms with Crippen molar-refractivity contribution in [3.05, 3.63) is 71.1 Å². The molecule has 1 amide bonds. The molecule has 0 saturated carbocycles. The maximum absolute atomic E-state index is 12.5. The van der Waals surface area contributed by atoms with Crippen LogP contribution in [0.4, 0.5) is 5.13 Å². The normalized spacial score (nSPS) is 11.8. The monoisotopic (exact) mass is 466 g/mol. The van der Waals surface area contributed by atoms with Gasteiger partial charge in [-0.25, -0.2) is 15.0 Å². The van der Waals surface area contributed by atoms with Gasteiger partial charge in [0, 0.05) is 29.6 Å². The second-order valence-electron chi connectivity index (χ2n) is 7.14. The summed E-state index contributed by atoms with van der Waals surface area (Å²) >= 11 is 2.76. The third kappa shape index (κ3) is 6.38. The maximum Gasteiger partial charge on any atom is 0.232 e. The van der Waals surface area contributed by atoms with E-state index in [0.29, 0.717) is 26.8 Å². The number of hydrogen-bond donors (Lipinski definition) is 2. The second kappa shape index (κ2) is 10.4. The van der Waals surface area contributed by atoms with Gasteiger partial charge in [-0.15, -0.1) is 11.3 Å². The smallest absolute Gasteiger partial charge is 0.232 e. The van der Waals surface area contributed by atoms with Crippen LogP contribution in [-0.2, 0) is 17.6 Å². The number of nitrogens with zero attached hydrogens (tertiary/aromatic N) is 4. The van der Waals surface area contributed by atoms with Gasteiger partial charge in [0.1, 0.15) is 17.1 Å². The number of pyridine rings is 1. The molecule has 8 nitrogen and oxygen atoms in total. The Balaban J connectivity index is 1.49. The summed E-state index contributed by atoms with van der Waals surface area (Å²) < 4.78 is 6.18. The zero-order valence-electron chi connectivity index (χ0n) is 17.6. The van der Waals surface area contributed by atoms with Crippen LogP contribution in [0.3, 0.4) is 0 Å². The minimum Gasteiger partial charge on any atom is -0.490 e. The average Bonchev–Trinajstić information content (AvgIpc) is 3.40. The van der Waals surface area contributed by atoms with Crippen LogP contribution in [0.1, 0.15) is 23.1 Å². The molecule has 0 bridgehead atoms. The Morgan fingerprint density at radius 1 is 1.25 bits per heavy atom. The molecule has 4 aromatic rings. The Kier molecular flexibility index (Phi) is 7.13. The maximum atomic E-state index is 12.5. The van der Waals surface area contributed by atoms with Crippen molar-refractivity contribution < 1.29 is 9.53 Å². The first-order valence-corrected chi connectivity index (χ1v) is 11.6. The van der Waals surface area contributed by atoms with Crippen LogP contribution in [0.5, 0.6) is 5.75 Å². The predicted molar refractivity (Wildman–Crippen MR) is 124 cm³/mol. The molecule has 0 radical (unpaired) electrons. The van der Waals surface area contributed by atoms with Gasteiger partial charge in [0.25, 0.3) is 0 Å². The number of anilines is 1. The molecule has 3 aromatic heterocycles. The van der Waals surface area contributed by atoms with E-state index in [9.17, 15) is 4.79 Å². The first kappa shape index (κ1) is 22.0. The largest absolute Gasteiger partial charge is 0.490 e. The fourth-order valence-electron chi connectivity index (χ4n) is 3.05. The number of aryl methyl sites for hydroxylation is 1. The molecule has 0 spiro atoms. The Labute approximate surface area is 193 Å². The Hall–Kier alpha value is -3.24. The molecule has 3 heterocycles. The number of benzene rings is 1. The van der Waals surface area contributed by atoms with Gasteiger partial charge in [0.05, 0.1) is 18.2 Å². The number of ether oxygens (including phenoxy) is 1. The van der Waals surface area contributed by atoms with E-state index in [1.54, 1.807) is 12.3 Å². The SMILES string of the molecule is Cc1cnc(NC(=O)Cc2cc(O[C@H](C)Cc3ccccc3)cc(Sc3ncn[nH]3)n2)s1. The van der Waals surface area contributed by atoms with Crippen molar-refractivity contribution in [3.8, 4) is 5.75 Å². The number of aromatic nitrogens is 5. The van der Waals surface area contributed by atoms with Gasteiger partial charge in [0.15, 0.2) is 10.3 Å². The van der Waals surface area contributed by atoms with Gasteiger partial charge in [-0.3, -0.25) is 9.89 Å². The zero-order chi connectivity index (χ0) is 22.3. The molecular weight excluding hydrogens is 444 g/mol. The van der Waals surface area contributed by atoms with Crippen LogP contribution < -0.4 is 10.1 Å². The molecule has 1 aromatic carbocycles. The van der Waals surface area contributed by atoms with Crippen molar-refractivity contribution >= 4 is 34.1 Å². The summed E-state index contributed by atoms with van der Waals surface area (Å²) in [5, 5.41) is 11.4. The summed E-state index contributed by atoms with van der Waals surface area (Å²) in [5.74, 6) is 0.468. The highest BCUT2D eigenvalue weighted by Gasteiger charge is 2.14. The van der Waals surface area contributed by atoms with E-state index in [0.717, 1.165) is 11.3 Å². The lowest BCUT2D eigenvalue weighted by Crippen LogP contribution is -2.17. The third-order valence-corrected chi connectivity index (χ3v) is 5.97. The van der Waals surface area contributed by atoms with Crippen LogP contribution in [0.15, 0.2) is 65.2 Å². The highest BCUT2D eigenvalue weighted by atomic mass is 32.2.